The van der Waals surface area contributed by atoms with Crippen LogP contribution in [0.15, 0.2) is 24.3 Å². The van der Waals surface area contributed by atoms with E-state index < -0.39 is 0 Å². The number of piperidine rings is 2. The highest BCUT2D eigenvalue weighted by molar-refractivity contribution is 7.18. The van der Waals surface area contributed by atoms with E-state index in [0.717, 1.165) is 19.0 Å². The van der Waals surface area contributed by atoms with Gasteiger partial charge in [-0.25, -0.2) is 10.3 Å². The number of fused-ring (bicyclic) bond motifs is 1. The highest BCUT2D eigenvalue weighted by atomic mass is 32.1. The molecule has 2 fully saturated rings. The van der Waals surface area contributed by atoms with Gasteiger partial charge in [-0.15, -0.1) is 11.3 Å². The van der Waals surface area contributed by atoms with E-state index in [9.17, 15) is 0 Å². The molecule has 3 heterocycles. The number of rotatable bonds is 5. The van der Waals surface area contributed by atoms with Gasteiger partial charge in [0.1, 0.15) is 0 Å². The normalized spacial score (nSPS) is 21.5. The Labute approximate surface area is 149 Å². The second-order valence-corrected chi connectivity index (χ2v) is 8.45. The number of aromatic nitrogens is 1. The summed E-state index contributed by atoms with van der Waals surface area (Å²) >= 11 is 1.90. The summed E-state index contributed by atoms with van der Waals surface area (Å²) in [5, 5.41) is 5.83. The van der Waals surface area contributed by atoms with E-state index in [0.29, 0.717) is 5.92 Å². The maximum absolute atomic E-state index is 4.88. The van der Waals surface area contributed by atoms with Crippen molar-refractivity contribution in [3.63, 3.8) is 0 Å². The average molecular weight is 343 g/mol. The van der Waals surface area contributed by atoms with E-state index >= 15 is 0 Å². The van der Waals surface area contributed by atoms with Crippen LogP contribution in [0, 0.1) is 5.92 Å². The molecule has 4 rings (SSSR count). The summed E-state index contributed by atoms with van der Waals surface area (Å²) in [7, 11) is 0. The smallest absolute Gasteiger partial charge is 0.0970 e. The first-order valence-corrected chi connectivity index (χ1v) is 10.4. The summed E-state index contributed by atoms with van der Waals surface area (Å²) < 4.78 is 1.34. The molecule has 0 aliphatic carbocycles. The van der Waals surface area contributed by atoms with Crippen LogP contribution < -0.4 is 5.32 Å². The first kappa shape index (κ1) is 16.5. The largest absolute Gasteiger partial charge is 0.303 e. The van der Waals surface area contributed by atoms with Gasteiger partial charge in [0.15, 0.2) is 0 Å². The van der Waals surface area contributed by atoms with Gasteiger partial charge in [-0.2, -0.15) is 0 Å². The van der Waals surface area contributed by atoms with Crippen LogP contribution in [-0.2, 0) is 0 Å². The number of para-hydroxylation sites is 1. The maximum Gasteiger partial charge on any atom is 0.0970 e. The summed E-state index contributed by atoms with van der Waals surface area (Å²) in [5.74, 6) is 1.63. The van der Waals surface area contributed by atoms with Crippen molar-refractivity contribution >= 4 is 21.6 Å². The third kappa shape index (κ3) is 3.98. The number of hydrogen-bond donors (Lipinski definition) is 0. The van der Waals surface area contributed by atoms with Crippen molar-refractivity contribution in [1.82, 2.24) is 15.2 Å². The van der Waals surface area contributed by atoms with Crippen molar-refractivity contribution in [2.24, 2.45) is 5.92 Å². The van der Waals surface area contributed by atoms with Gasteiger partial charge in [-0.1, -0.05) is 12.1 Å². The fourth-order valence-electron chi connectivity index (χ4n) is 4.16. The van der Waals surface area contributed by atoms with Crippen molar-refractivity contribution in [2.45, 2.75) is 44.4 Å². The van der Waals surface area contributed by atoms with Crippen LogP contribution >= 0.6 is 11.3 Å². The number of thiazole rings is 1. The maximum atomic E-state index is 4.88. The molecule has 2 aromatic rings. The predicted octanol–water partition coefficient (Wildman–Crippen LogP) is 4.27. The third-order valence-electron chi connectivity index (χ3n) is 5.72. The number of benzene rings is 1. The van der Waals surface area contributed by atoms with Gasteiger partial charge in [-0.3, -0.25) is 0 Å². The molecule has 24 heavy (non-hydrogen) atoms. The lowest BCUT2D eigenvalue weighted by molar-refractivity contribution is 0.201. The molecule has 2 saturated heterocycles. The Morgan fingerprint density at radius 2 is 1.83 bits per heavy atom. The van der Waals surface area contributed by atoms with E-state index in [1.165, 1.54) is 73.4 Å². The minimum atomic E-state index is 0.679. The molecule has 1 radical (unpaired) electrons. The average Bonchev–Trinajstić information content (AvgIpc) is 3.07. The topological polar surface area (TPSA) is 30.2 Å². The molecule has 0 spiro atoms. The second-order valence-electron chi connectivity index (χ2n) is 7.39. The Morgan fingerprint density at radius 1 is 1.04 bits per heavy atom. The first-order valence-electron chi connectivity index (χ1n) is 9.59. The molecule has 0 N–H and O–H groups in total. The molecule has 0 bridgehead atoms. The summed E-state index contributed by atoms with van der Waals surface area (Å²) in [6.45, 7) is 6.01. The van der Waals surface area contributed by atoms with E-state index in [-0.39, 0.29) is 0 Å². The summed E-state index contributed by atoms with van der Waals surface area (Å²) in [4.78, 5) is 7.55. The van der Waals surface area contributed by atoms with Gasteiger partial charge < -0.3 is 4.90 Å². The van der Waals surface area contributed by atoms with Crippen LogP contribution in [0.2, 0.25) is 0 Å². The molecular weight excluding hydrogens is 314 g/mol. The van der Waals surface area contributed by atoms with E-state index in [2.05, 4.69) is 34.5 Å². The Kier molecular flexibility index (Phi) is 5.46. The minimum absolute atomic E-state index is 0.679. The molecule has 3 nitrogen and oxygen atoms in total. The summed E-state index contributed by atoms with van der Waals surface area (Å²) in [6.07, 6.45) is 8.01. The molecule has 1 aromatic heterocycles. The number of likely N-dealkylation sites (tertiary alicyclic amines) is 1. The predicted molar refractivity (Wildman–Crippen MR) is 102 cm³/mol. The lowest BCUT2D eigenvalue weighted by Crippen LogP contribution is -2.34. The van der Waals surface area contributed by atoms with Gasteiger partial charge in [0.25, 0.3) is 0 Å². The van der Waals surface area contributed by atoms with E-state index in [1.54, 1.807) is 0 Å². The molecule has 1 aromatic carbocycles. The van der Waals surface area contributed by atoms with Gasteiger partial charge in [0.2, 0.25) is 0 Å². The molecule has 2 aliphatic heterocycles. The minimum Gasteiger partial charge on any atom is -0.303 e. The highest BCUT2D eigenvalue weighted by Crippen LogP contribution is 2.33. The van der Waals surface area contributed by atoms with Gasteiger partial charge >= 0.3 is 0 Å². The Bertz CT molecular complexity index is 606. The molecule has 2 aliphatic rings. The van der Waals surface area contributed by atoms with Crippen LogP contribution in [0.1, 0.15) is 49.5 Å². The fourth-order valence-corrected chi connectivity index (χ4v) is 5.30. The molecular formula is C20H28N3S. The molecule has 0 saturated carbocycles. The van der Waals surface area contributed by atoms with Crippen molar-refractivity contribution in [1.29, 1.82) is 0 Å². The SMILES string of the molecule is c1ccc2sc(C3CCN(CCCC4CC[N]CC4)CC3)nc2c1. The zero-order valence-electron chi connectivity index (χ0n) is 14.5. The molecule has 0 atom stereocenters. The second kappa shape index (κ2) is 7.94. The van der Waals surface area contributed by atoms with E-state index in [4.69, 9.17) is 4.98 Å². The Balaban J connectivity index is 1.23. The molecule has 4 heteroatoms. The lowest BCUT2D eigenvalue weighted by Gasteiger charge is -2.31. The molecule has 129 valence electrons. The number of nitrogens with zero attached hydrogens (tertiary/aromatic N) is 3. The van der Waals surface area contributed by atoms with Crippen LogP contribution in [0.5, 0.6) is 0 Å². The van der Waals surface area contributed by atoms with Crippen LogP contribution in [0.4, 0.5) is 0 Å². The van der Waals surface area contributed by atoms with Crippen LogP contribution in [-0.4, -0.2) is 42.6 Å². The Morgan fingerprint density at radius 3 is 2.62 bits per heavy atom. The highest BCUT2D eigenvalue weighted by Gasteiger charge is 2.23. The monoisotopic (exact) mass is 342 g/mol. The quantitative estimate of drug-likeness (QED) is 0.812. The zero-order valence-corrected chi connectivity index (χ0v) is 15.3. The van der Waals surface area contributed by atoms with Crippen LogP contribution in [0.3, 0.4) is 0 Å². The first-order chi connectivity index (χ1) is 11.9. The third-order valence-corrected chi connectivity index (χ3v) is 6.92. The Hall–Kier alpha value is -0.970. The van der Waals surface area contributed by atoms with Gasteiger partial charge in [-0.05, 0) is 76.2 Å². The summed E-state index contributed by atoms with van der Waals surface area (Å²) in [5.41, 5.74) is 1.18. The van der Waals surface area contributed by atoms with Crippen molar-refractivity contribution in [3.05, 3.63) is 29.3 Å². The van der Waals surface area contributed by atoms with Crippen molar-refractivity contribution < 1.29 is 0 Å². The fraction of sp³-hybridized carbons (Fsp3) is 0.650. The lowest BCUT2D eigenvalue weighted by atomic mass is 9.92. The molecule has 0 amide bonds. The number of hydrogen-bond acceptors (Lipinski definition) is 3. The van der Waals surface area contributed by atoms with Crippen LogP contribution in [0.25, 0.3) is 10.2 Å². The van der Waals surface area contributed by atoms with Gasteiger partial charge in [0.05, 0.1) is 15.2 Å². The van der Waals surface area contributed by atoms with E-state index in [1.807, 2.05) is 11.3 Å². The van der Waals surface area contributed by atoms with Gasteiger partial charge in [0, 0.05) is 19.0 Å². The standard InChI is InChI=1S/C20H28N3S/c1-2-6-19-18(5-1)22-20(24-19)17-9-14-23(15-10-17)13-3-4-16-7-11-21-12-8-16/h1-2,5-6,16-17H,3-4,7-15H2. The van der Waals surface area contributed by atoms with Crippen molar-refractivity contribution in [3.8, 4) is 0 Å². The van der Waals surface area contributed by atoms with Crippen molar-refractivity contribution in [2.75, 3.05) is 32.7 Å². The zero-order chi connectivity index (χ0) is 16.2. The molecule has 0 unspecified atom stereocenters. The summed E-state index contributed by atoms with van der Waals surface area (Å²) in [6, 6.07) is 8.55.